The number of hydrogen-bond donors (Lipinski definition) is 0. The van der Waals surface area contributed by atoms with Gasteiger partial charge in [-0.3, -0.25) is 4.79 Å². The Morgan fingerprint density at radius 1 is 1.13 bits per heavy atom. The van der Waals surface area contributed by atoms with Gasteiger partial charge < -0.3 is 4.90 Å². The highest BCUT2D eigenvalue weighted by atomic mass is 79.9. The van der Waals surface area contributed by atoms with Crippen molar-refractivity contribution in [3.05, 3.63) is 76.5 Å². The summed E-state index contributed by atoms with van der Waals surface area (Å²) in [5, 5.41) is 8.01. The van der Waals surface area contributed by atoms with E-state index in [4.69, 9.17) is 0 Å². The summed E-state index contributed by atoms with van der Waals surface area (Å²) in [4.78, 5) is 14.1. The molecule has 0 fully saturated rings. The van der Waals surface area contributed by atoms with Crippen LogP contribution >= 0.6 is 15.9 Å². The van der Waals surface area contributed by atoms with Crippen molar-refractivity contribution in [2.45, 2.75) is 6.54 Å². The number of amides is 1. The Kier molecular flexibility index (Phi) is 4.52. The van der Waals surface area contributed by atoms with Crippen LogP contribution in [-0.4, -0.2) is 32.8 Å². The van der Waals surface area contributed by atoms with Gasteiger partial charge >= 0.3 is 0 Å². The highest BCUT2D eigenvalue weighted by molar-refractivity contribution is 9.10. The molecular weight excluding hydrogens is 356 g/mol. The summed E-state index contributed by atoms with van der Waals surface area (Å²) in [6.07, 6.45) is 1.65. The monoisotopic (exact) mass is 370 g/mol. The average Bonchev–Trinajstić information content (AvgIpc) is 3.07. The number of aromatic nitrogens is 3. The first-order chi connectivity index (χ1) is 11.1. The standard InChI is InChI=1S/C17H15BrN4O/c1-21(11-13-7-9-14(18)10-8-13)17(23)16-12-22(20-19-16)15-5-3-2-4-6-15/h2-10,12H,11H2,1H3. The van der Waals surface area contributed by atoms with Crippen LogP contribution in [0.4, 0.5) is 0 Å². The number of benzene rings is 2. The zero-order valence-corrected chi connectivity index (χ0v) is 14.1. The first kappa shape index (κ1) is 15.4. The Morgan fingerprint density at radius 3 is 2.52 bits per heavy atom. The molecule has 1 amide bonds. The third kappa shape index (κ3) is 3.65. The molecule has 23 heavy (non-hydrogen) atoms. The second-order valence-electron chi connectivity index (χ2n) is 5.17. The zero-order chi connectivity index (χ0) is 16.2. The Hall–Kier alpha value is -2.47. The summed E-state index contributed by atoms with van der Waals surface area (Å²) < 4.78 is 2.61. The van der Waals surface area contributed by atoms with E-state index in [-0.39, 0.29) is 5.91 Å². The number of halogens is 1. The molecule has 3 aromatic rings. The van der Waals surface area contributed by atoms with Crippen LogP contribution in [0.3, 0.4) is 0 Å². The van der Waals surface area contributed by atoms with Gasteiger partial charge in [0.05, 0.1) is 11.9 Å². The van der Waals surface area contributed by atoms with E-state index in [1.165, 1.54) is 0 Å². The van der Waals surface area contributed by atoms with Crippen LogP contribution in [0.15, 0.2) is 65.3 Å². The van der Waals surface area contributed by atoms with Gasteiger partial charge in [-0.15, -0.1) is 5.10 Å². The van der Waals surface area contributed by atoms with E-state index < -0.39 is 0 Å². The van der Waals surface area contributed by atoms with Gasteiger partial charge in [-0.1, -0.05) is 51.5 Å². The van der Waals surface area contributed by atoms with Crippen LogP contribution in [0.25, 0.3) is 5.69 Å². The lowest BCUT2D eigenvalue weighted by Crippen LogP contribution is -2.26. The van der Waals surface area contributed by atoms with Gasteiger partial charge in [0.15, 0.2) is 5.69 Å². The van der Waals surface area contributed by atoms with Crippen LogP contribution in [0.5, 0.6) is 0 Å². The maximum Gasteiger partial charge on any atom is 0.276 e. The molecule has 0 aliphatic carbocycles. The molecule has 0 aliphatic heterocycles. The van der Waals surface area contributed by atoms with Crippen molar-refractivity contribution >= 4 is 21.8 Å². The SMILES string of the molecule is CN(Cc1ccc(Br)cc1)C(=O)c1cn(-c2ccccc2)nn1. The fourth-order valence-corrected chi connectivity index (χ4v) is 2.46. The molecule has 0 saturated carbocycles. The largest absolute Gasteiger partial charge is 0.336 e. The summed E-state index contributed by atoms with van der Waals surface area (Å²) in [7, 11) is 1.76. The van der Waals surface area contributed by atoms with E-state index in [1.807, 2.05) is 54.6 Å². The van der Waals surface area contributed by atoms with E-state index in [1.54, 1.807) is 22.8 Å². The number of para-hydroxylation sites is 1. The van der Waals surface area contributed by atoms with Crippen LogP contribution in [0.1, 0.15) is 16.1 Å². The van der Waals surface area contributed by atoms with E-state index in [2.05, 4.69) is 26.2 Å². The van der Waals surface area contributed by atoms with Gasteiger partial charge in [-0.2, -0.15) is 0 Å². The van der Waals surface area contributed by atoms with E-state index in [0.29, 0.717) is 12.2 Å². The summed E-state index contributed by atoms with van der Waals surface area (Å²) >= 11 is 3.40. The zero-order valence-electron chi connectivity index (χ0n) is 12.6. The average molecular weight is 371 g/mol. The molecule has 2 aromatic carbocycles. The lowest BCUT2D eigenvalue weighted by atomic mass is 10.2. The fraction of sp³-hybridized carbons (Fsp3) is 0.118. The van der Waals surface area contributed by atoms with Crippen molar-refractivity contribution in [3.8, 4) is 5.69 Å². The van der Waals surface area contributed by atoms with Crippen molar-refractivity contribution < 1.29 is 4.79 Å². The number of rotatable bonds is 4. The molecule has 1 aromatic heterocycles. The molecule has 0 spiro atoms. The minimum atomic E-state index is -0.157. The summed E-state index contributed by atoms with van der Waals surface area (Å²) in [5.74, 6) is -0.157. The van der Waals surface area contributed by atoms with Crippen molar-refractivity contribution in [1.82, 2.24) is 19.9 Å². The minimum Gasteiger partial charge on any atom is -0.336 e. The molecule has 1 heterocycles. The molecule has 0 saturated heterocycles. The third-order valence-electron chi connectivity index (χ3n) is 3.41. The normalized spacial score (nSPS) is 10.5. The third-order valence-corrected chi connectivity index (χ3v) is 3.94. The molecule has 0 radical (unpaired) electrons. The Labute approximate surface area is 142 Å². The second kappa shape index (κ2) is 6.75. The number of carbonyl (C=O) groups is 1. The van der Waals surface area contributed by atoms with Gasteiger partial charge in [0.25, 0.3) is 5.91 Å². The van der Waals surface area contributed by atoms with Crippen LogP contribution < -0.4 is 0 Å². The van der Waals surface area contributed by atoms with Crippen LogP contribution in [0.2, 0.25) is 0 Å². The number of carbonyl (C=O) groups excluding carboxylic acids is 1. The summed E-state index contributed by atoms with van der Waals surface area (Å²) in [5.41, 5.74) is 2.25. The minimum absolute atomic E-state index is 0.157. The van der Waals surface area contributed by atoms with Gasteiger partial charge in [0.1, 0.15) is 0 Å². The summed E-state index contributed by atoms with van der Waals surface area (Å²) in [6.45, 7) is 0.518. The topological polar surface area (TPSA) is 51.0 Å². The Bertz CT molecular complexity index is 799. The first-order valence-electron chi connectivity index (χ1n) is 7.11. The second-order valence-corrected chi connectivity index (χ2v) is 6.09. The van der Waals surface area contributed by atoms with Crippen molar-refractivity contribution in [3.63, 3.8) is 0 Å². The molecule has 0 atom stereocenters. The molecular formula is C17H15BrN4O. The molecule has 5 nitrogen and oxygen atoms in total. The molecule has 3 rings (SSSR count). The highest BCUT2D eigenvalue weighted by Gasteiger charge is 2.16. The lowest BCUT2D eigenvalue weighted by molar-refractivity contribution is 0.0779. The molecule has 0 bridgehead atoms. The fourth-order valence-electron chi connectivity index (χ4n) is 2.20. The molecule has 0 unspecified atom stereocenters. The van der Waals surface area contributed by atoms with Crippen LogP contribution in [0, 0.1) is 0 Å². The number of hydrogen-bond acceptors (Lipinski definition) is 3. The van der Waals surface area contributed by atoms with Gasteiger partial charge in [-0.25, -0.2) is 4.68 Å². The van der Waals surface area contributed by atoms with Crippen molar-refractivity contribution in [1.29, 1.82) is 0 Å². The van der Waals surface area contributed by atoms with Gasteiger partial charge in [0.2, 0.25) is 0 Å². The van der Waals surface area contributed by atoms with E-state index >= 15 is 0 Å². The molecule has 0 aliphatic rings. The van der Waals surface area contributed by atoms with E-state index in [0.717, 1.165) is 15.7 Å². The molecule has 0 N–H and O–H groups in total. The number of nitrogens with zero attached hydrogens (tertiary/aromatic N) is 4. The van der Waals surface area contributed by atoms with Gasteiger partial charge in [0, 0.05) is 18.1 Å². The summed E-state index contributed by atoms with van der Waals surface area (Å²) in [6, 6.07) is 17.5. The maximum atomic E-state index is 12.5. The van der Waals surface area contributed by atoms with E-state index in [9.17, 15) is 4.79 Å². The van der Waals surface area contributed by atoms with Crippen molar-refractivity contribution in [2.24, 2.45) is 0 Å². The molecule has 6 heteroatoms. The van der Waals surface area contributed by atoms with Crippen molar-refractivity contribution in [2.75, 3.05) is 7.05 Å². The molecule has 116 valence electrons. The quantitative estimate of drug-likeness (QED) is 0.707. The smallest absolute Gasteiger partial charge is 0.276 e. The predicted molar refractivity (Wildman–Crippen MR) is 91.3 cm³/mol. The lowest BCUT2D eigenvalue weighted by Gasteiger charge is -2.15. The first-order valence-corrected chi connectivity index (χ1v) is 7.90. The Balaban J connectivity index is 1.72. The highest BCUT2D eigenvalue weighted by Crippen LogP contribution is 2.13. The van der Waals surface area contributed by atoms with Gasteiger partial charge in [-0.05, 0) is 29.8 Å². The predicted octanol–water partition coefficient (Wildman–Crippen LogP) is 3.30. The van der Waals surface area contributed by atoms with Crippen LogP contribution in [-0.2, 0) is 6.54 Å². The maximum absolute atomic E-state index is 12.5. The Morgan fingerprint density at radius 2 is 1.83 bits per heavy atom.